The fraction of sp³-hybridized carbons (Fsp3) is 0. The predicted octanol–water partition coefficient (Wildman–Crippen LogP) is 24.5. The average molecular weight is 1110 g/mol. The summed E-state index contributed by atoms with van der Waals surface area (Å²) in [5.41, 5.74) is 13.9. The minimum atomic E-state index is -0.395. The lowest BCUT2D eigenvalue weighted by molar-refractivity contribution is 0.669. The highest BCUT2D eigenvalue weighted by Gasteiger charge is 2.22. The van der Waals surface area contributed by atoms with Crippen LogP contribution in [0.4, 0.5) is 0 Å². The minimum Gasteiger partial charge on any atom is -0.456 e. The second kappa shape index (κ2) is 19.6. The summed E-state index contributed by atoms with van der Waals surface area (Å²) in [6, 6.07) is 100. The Morgan fingerprint density at radius 1 is 0.207 bits per heavy atom. The van der Waals surface area contributed by atoms with E-state index in [-0.39, 0.29) is 29.7 Å². The Kier molecular flexibility index (Phi) is 9.96. The molecule has 0 bridgehead atoms. The van der Waals surface area contributed by atoms with Crippen molar-refractivity contribution in [2.75, 3.05) is 0 Å². The summed E-state index contributed by atoms with van der Waals surface area (Å²) in [4.78, 5) is 0. The lowest BCUT2D eigenvalue weighted by atomic mass is 9.84. The van der Waals surface area contributed by atoms with Gasteiger partial charge in [-0.05, 0) is 206 Å². The van der Waals surface area contributed by atoms with Gasteiger partial charge in [0.1, 0.15) is 11.2 Å². The lowest BCUT2D eigenvalue weighted by Gasteiger charge is -2.18. The van der Waals surface area contributed by atoms with Gasteiger partial charge in [-0.1, -0.05) is 273 Å². The van der Waals surface area contributed by atoms with Crippen LogP contribution < -0.4 is 0 Å². The van der Waals surface area contributed by atoms with Crippen LogP contribution in [0.2, 0.25) is 0 Å². The Labute approximate surface area is 509 Å². The van der Waals surface area contributed by atoms with E-state index in [1.807, 2.05) is 12.1 Å². The molecule has 0 fully saturated rings. The van der Waals surface area contributed by atoms with Gasteiger partial charge in [-0.25, -0.2) is 0 Å². The molecule has 0 unspecified atom stereocenters. The SMILES string of the molecule is [2H]c1c([2H])c([2H])c(-c2cc(-c3ccc4ccc5cccc6ccc3c4c56)cc(-c3ccc4ccc5cccc6ccc3c4c56)c2)c([2H])c1[2H].c1ccc(-c2cccc(-c3c4ccccc4c(-c4cccc5oc6cc7ccccc7cc6c45)c4ccccc34)c2)cc1. The van der Waals surface area contributed by atoms with Crippen LogP contribution in [0.15, 0.2) is 320 Å². The third-order valence-electron chi connectivity index (χ3n) is 18.2. The number of rotatable bonds is 6. The van der Waals surface area contributed by atoms with E-state index in [0.29, 0.717) is 5.56 Å². The summed E-state index contributed by atoms with van der Waals surface area (Å²) >= 11 is 0. The maximum atomic E-state index is 8.90. The average Bonchev–Trinajstić information content (AvgIpc) is 0.945. The fourth-order valence-corrected chi connectivity index (χ4v) is 14.4. The maximum Gasteiger partial charge on any atom is 0.136 e. The van der Waals surface area contributed by atoms with E-state index in [1.165, 1.54) is 109 Å². The van der Waals surface area contributed by atoms with Crippen molar-refractivity contribution in [1.29, 1.82) is 0 Å². The van der Waals surface area contributed by atoms with Gasteiger partial charge in [0.15, 0.2) is 0 Å². The molecule has 0 spiro atoms. The molecule has 0 aliphatic carbocycles. The normalized spacial score (nSPS) is 12.7. The molecule has 1 heterocycles. The highest BCUT2D eigenvalue weighted by atomic mass is 16.3. The molecule has 0 N–H and O–H groups in total. The van der Waals surface area contributed by atoms with Crippen molar-refractivity contribution in [3.8, 4) is 66.8 Å². The first-order chi connectivity index (χ1) is 45.2. The van der Waals surface area contributed by atoms with Gasteiger partial charge in [0.25, 0.3) is 0 Å². The molecule has 1 nitrogen and oxygen atoms in total. The monoisotopic (exact) mass is 1110 g/mol. The Balaban J connectivity index is 0.000000137. The Hall–Kier alpha value is -11.4. The van der Waals surface area contributed by atoms with Crippen molar-refractivity contribution in [2.45, 2.75) is 0 Å². The summed E-state index contributed by atoms with van der Waals surface area (Å²) < 4.78 is 49.5. The molecule has 0 radical (unpaired) electrons. The molecule has 19 rings (SSSR count). The molecule has 1 heteroatoms. The zero-order valence-corrected chi connectivity index (χ0v) is 47.0. The van der Waals surface area contributed by atoms with Crippen LogP contribution >= 0.6 is 0 Å². The predicted molar refractivity (Wildman–Crippen MR) is 373 cm³/mol. The van der Waals surface area contributed by atoms with Crippen molar-refractivity contribution in [3.63, 3.8) is 0 Å². The molecule has 1 aromatic heterocycles. The van der Waals surface area contributed by atoms with Gasteiger partial charge in [0.2, 0.25) is 0 Å². The van der Waals surface area contributed by atoms with Crippen molar-refractivity contribution in [2.24, 2.45) is 0 Å². The van der Waals surface area contributed by atoms with E-state index < -0.39 is 6.04 Å². The molecule has 0 saturated heterocycles. The van der Waals surface area contributed by atoms with Crippen molar-refractivity contribution >= 4 is 119 Å². The summed E-state index contributed by atoms with van der Waals surface area (Å²) in [5, 5.41) is 23.9. The van der Waals surface area contributed by atoms with Gasteiger partial charge >= 0.3 is 0 Å². The van der Waals surface area contributed by atoms with Crippen LogP contribution in [0, 0.1) is 0 Å². The lowest BCUT2D eigenvalue weighted by Crippen LogP contribution is -1.91. The summed E-state index contributed by atoms with van der Waals surface area (Å²) in [6.45, 7) is 0. The van der Waals surface area contributed by atoms with E-state index in [2.05, 4.69) is 273 Å². The molecule has 0 amide bonds. The highest BCUT2D eigenvalue weighted by molar-refractivity contribution is 6.29. The van der Waals surface area contributed by atoms with E-state index in [0.717, 1.165) is 65.7 Å². The molecular weight excluding hydrogens is 1050 g/mol. The van der Waals surface area contributed by atoms with Crippen LogP contribution in [-0.4, -0.2) is 0 Å². The van der Waals surface area contributed by atoms with Gasteiger partial charge in [0.05, 0.1) is 6.85 Å². The Bertz CT molecular complexity index is 5980. The second-order valence-corrected chi connectivity index (χ2v) is 23.0. The second-order valence-electron chi connectivity index (χ2n) is 23.0. The van der Waals surface area contributed by atoms with E-state index >= 15 is 0 Å². The first kappa shape index (κ1) is 44.2. The first-order valence-electron chi connectivity index (χ1n) is 32.2. The van der Waals surface area contributed by atoms with Gasteiger partial charge < -0.3 is 4.42 Å². The molecule has 0 atom stereocenters. The highest BCUT2D eigenvalue weighted by Crippen LogP contribution is 2.49. The summed E-state index contributed by atoms with van der Waals surface area (Å²) in [7, 11) is 0. The van der Waals surface area contributed by atoms with Crippen LogP contribution in [0.1, 0.15) is 6.85 Å². The van der Waals surface area contributed by atoms with Crippen LogP contribution in [0.3, 0.4) is 0 Å². The molecule has 18 aromatic carbocycles. The summed E-state index contributed by atoms with van der Waals surface area (Å²) in [6.07, 6.45) is 0. The number of fused-ring (bicyclic) bond motifs is 6. The topological polar surface area (TPSA) is 13.1 Å². The maximum absolute atomic E-state index is 8.90. The van der Waals surface area contributed by atoms with E-state index in [9.17, 15) is 0 Å². The molecule has 87 heavy (non-hydrogen) atoms. The molecule has 402 valence electrons. The Morgan fingerprint density at radius 3 is 1.24 bits per heavy atom. The van der Waals surface area contributed by atoms with Crippen LogP contribution in [0.25, 0.3) is 186 Å². The fourth-order valence-electron chi connectivity index (χ4n) is 14.4. The molecule has 0 aliphatic heterocycles. The van der Waals surface area contributed by atoms with Crippen molar-refractivity contribution in [1.82, 2.24) is 0 Å². The van der Waals surface area contributed by atoms with Gasteiger partial charge in [0, 0.05) is 10.8 Å². The summed E-state index contributed by atoms with van der Waals surface area (Å²) in [5.74, 6) is 0. The quantitative estimate of drug-likeness (QED) is 0.119. The number of benzene rings is 18. The third-order valence-corrected chi connectivity index (χ3v) is 18.2. The largest absolute Gasteiger partial charge is 0.456 e. The minimum absolute atomic E-state index is 0.199. The smallest absolute Gasteiger partial charge is 0.136 e. The van der Waals surface area contributed by atoms with Gasteiger partial charge in [-0.15, -0.1) is 0 Å². The number of hydrogen-bond acceptors (Lipinski definition) is 1. The van der Waals surface area contributed by atoms with Crippen LogP contribution in [-0.2, 0) is 0 Å². The Morgan fingerprint density at radius 2 is 0.644 bits per heavy atom. The van der Waals surface area contributed by atoms with Gasteiger partial charge in [-0.2, -0.15) is 0 Å². The zero-order chi connectivity index (χ0) is 61.5. The molecule has 0 saturated carbocycles. The third kappa shape index (κ3) is 7.87. The van der Waals surface area contributed by atoms with Gasteiger partial charge in [-0.3, -0.25) is 0 Å². The first-order valence-corrected chi connectivity index (χ1v) is 29.7. The zero-order valence-electron chi connectivity index (χ0n) is 52.0. The number of furan rings is 1. The molecular formula is C86H52O. The van der Waals surface area contributed by atoms with Crippen molar-refractivity contribution in [3.05, 3.63) is 315 Å². The number of hydrogen-bond donors (Lipinski definition) is 0. The standard InChI is InChI=1S/C44H26.C42H26O/c1-2-6-27(7-3-1)34-24-35(37-20-16-32-14-12-28-8-4-10-30-18-22-39(37)43(32)41(28)30)26-36(25-34)38-21-17-33-15-13-29-9-5-11-31-19-23-40(38)44(33)42(29)31;1-2-12-27(13-3-1)28-16-10-17-31(24-28)40-32-18-6-8-20-34(32)41(35-21-9-7-19-33(35)40)36-22-11-23-38-42(36)37-25-29-14-4-5-15-30(29)26-39(37)43-38/h1-26H;1-26H/i1D,2D,3D,6D,7D;. The molecule has 19 aromatic rings. The molecule has 0 aliphatic rings. The van der Waals surface area contributed by atoms with E-state index in [4.69, 9.17) is 11.3 Å². The van der Waals surface area contributed by atoms with Crippen LogP contribution in [0.5, 0.6) is 0 Å². The van der Waals surface area contributed by atoms with E-state index in [1.54, 1.807) is 0 Å². The van der Waals surface area contributed by atoms with Crippen molar-refractivity contribution < 1.29 is 11.3 Å².